The summed E-state index contributed by atoms with van der Waals surface area (Å²) in [6.45, 7) is 1.69. The van der Waals surface area contributed by atoms with Gasteiger partial charge in [-0.3, -0.25) is 0 Å². The van der Waals surface area contributed by atoms with Crippen LogP contribution in [-0.2, 0) is 5.92 Å². The molecule has 0 spiro atoms. The van der Waals surface area contributed by atoms with Crippen molar-refractivity contribution in [3.05, 3.63) is 29.3 Å². The lowest BCUT2D eigenvalue weighted by atomic mass is 10.0. The molecule has 0 fully saturated rings. The maximum atomic E-state index is 13.6. The van der Waals surface area contributed by atoms with Crippen LogP contribution in [-0.4, -0.2) is 13.7 Å². The van der Waals surface area contributed by atoms with Crippen LogP contribution in [0.3, 0.4) is 0 Å². The molecule has 0 aromatic heterocycles. The number of methoxy groups -OCH3 is 1. The lowest BCUT2D eigenvalue weighted by molar-refractivity contribution is -0.0128. The smallest absolute Gasteiger partial charge is 0.278 e. The van der Waals surface area contributed by atoms with Crippen molar-refractivity contribution in [2.24, 2.45) is 5.73 Å². The molecular formula is C11H15F2NO. The van der Waals surface area contributed by atoms with Gasteiger partial charge in [0.1, 0.15) is 5.75 Å². The third-order valence-electron chi connectivity index (χ3n) is 2.27. The summed E-state index contributed by atoms with van der Waals surface area (Å²) >= 11 is 0. The summed E-state index contributed by atoms with van der Waals surface area (Å²) in [4.78, 5) is 0. The van der Waals surface area contributed by atoms with Crippen LogP contribution >= 0.6 is 0 Å². The molecule has 0 bridgehead atoms. The number of para-hydroxylation sites is 1. The first kappa shape index (κ1) is 11.9. The van der Waals surface area contributed by atoms with Gasteiger partial charge in [-0.2, -0.15) is 0 Å². The van der Waals surface area contributed by atoms with Crippen LogP contribution in [0.5, 0.6) is 5.75 Å². The summed E-state index contributed by atoms with van der Waals surface area (Å²) in [6.07, 6.45) is -0.368. The van der Waals surface area contributed by atoms with Crippen LogP contribution in [0.4, 0.5) is 8.78 Å². The van der Waals surface area contributed by atoms with E-state index in [1.807, 2.05) is 0 Å². The van der Waals surface area contributed by atoms with Gasteiger partial charge < -0.3 is 10.5 Å². The number of benzene rings is 1. The number of rotatable bonds is 4. The fourth-order valence-electron chi connectivity index (χ4n) is 1.53. The number of alkyl halides is 2. The van der Waals surface area contributed by atoms with Crippen molar-refractivity contribution in [3.63, 3.8) is 0 Å². The molecule has 0 atom stereocenters. The second-order valence-corrected chi connectivity index (χ2v) is 3.40. The summed E-state index contributed by atoms with van der Waals surface area (Å²) < 4.78 is 32.2. The van der Waals surface area contributed by atoms with Crippen molar-refractivity contribution < 1.29 is 13.5 Å². The van der Waals surface area contributed by atoms with Gasteiger partial charge in [0.2, 0.25) is 0 Å². The molecule has 0 saturated carbocycles. The number of ether oxygens (including phenoxy) is 1. The standard InChI is InChI=1S/C11H15F2NO/c1-8-4-3-5-9(10(8)15-2)11(12,13)6-7-14/h3-5H,6-7,14H2,1-2H3. The van der Waals surface area contributed by atoms with Crippen molar-refractivity contribution in [2.75, 3.05) is 13.7 Å². The number of aryl methyl sites for hydroxylation is 1. The molecular weight excluding hydrogens is 200 g/mol. The van der Waals surface area contributed by atoms with E-state index in [0.29, 0.717) is 5.56 Å². The Morgan fingerprint density at radius 2 is 2.07 bits per heavy atom. The quantitative estimate of drug-likeness (QED) is 0.837. The molecule has 1 aromatic carbocycles. The molecule has 0 aliphatic rings. The number of nitrogens with two attached hydrogens (primary N) is 1. The molecule has 0 unspecified atom stereocenters. The van der Waals surface area contributed by atoms with Gasteiger partial charge in [-0.05, 0) is 25.1 Å². The Hall–Kier alpha value is -1.16. The van der Waals surface area contributed by atoms with E-state index >= 15 is 0 Å². The van der Waals surface area contributed by atoms with Gasteiger partial charge >= 0.3 is 0 Å². The van der Waals surface area contributed by atoms with Gasteiger partial charge in [-0.25, -0.2) is 8.78 Å². The molecule has 0 aliphatic carbocycles. The zero-order valence-corrected chi connectivity index (χ0v) is 8.89. The van der Waals surface area contributed by atoms with Gasteiger partial charge in [-0.15, -0.1) is 0 Å². The molecule has 0 heterocycles. The molecule has 0 aliphatic heterocycles. The van der Waals surface area contributed by atoms with E-state index in [-0.39, 0.29) is 24.3 Å². The van der Waals surface area contributed by atoms with E-state index in [2.05, 4.69) is 0 Å². The minimum Gasteiger partial charge on any atom is -0.496 e. The third-order valence-corrected chi connectivity index (χ3v) is 2.27. The van der Waals surface area contributed by atoms with Gasteiger partial charge in [-0.1, -0.05) is 12.1 Å². The molecule has 2 nitrogen and oxygen atoms in total. The monoisotopic (exact) mass is 215 g/mol. The van der Waals surface area contributed by atoms with Crippen LogP contribution in [0, 0.1) is 6.92 Å². The van der Waals surface area contributed by atoms with Crippen LogP contribution in [0.15, 0.2) is 18.2 Å². The number of hydrogen-bond donors (Lipinski definition) is 1. The summed E-state index contributed by atoms with van der Waals surface area (Å²) in [5, 5.41) is 0. The first-order valence-corrected chi connectivity index (χ1v) is 4.75. The average molecular weight is 215 g/mol. The Labute approximate surface area is 88.0 Å². The van der Waals surface area contributed by atoms with E-state index < -0.39 is 5.92 Å². The van der Waals surface area contributed by atoms with Crippen molar-refractivity contribution in [2.45, 2.75) is 19.3 Å². The highest BCUT2D eigenvalue weighted by Gasteiger charge is 2.34. The van der Waals surface area contributed by atoms with E-state index in [1.54, 1.807) is 19.1 Å². The Balaban J connectivity index is 3.18. The first-order chi connectivity index (χ1) is 7.03. The first-order valence-electron chi connectivity index (χ1n) is 4.75. The van der Waals surface area contributed by atoms with Crippen molar-refractivity contribution in [1.29, 1.82) is 0 Å². The Kier molecular flexibility index (Phi) is 3.63. The average Bonchev–Trinajstić information content (AvgIpc) is 2.17. The summed E-state index contributed by atoms with van der Waals surface area (Å²) in [5.41, 5.74) is 5.77. The molecule has 84 valence electrons. The van der Waals surface area contributed by atoms with Crippen LogP contribution < -0.4 is 10.5 Å². The van der Waals surface area contributed by atoms with E-state index in [0.717, 1.165) is 0 Å². The third kappa shape index (κ3) is 2.45. The van der Waals surface area contributed by atoms with Crippen LogP contribution in [0.25, 0.3) is 0 Å². The van der Waals surface area contributed by atoms with Crippen LogP contribution in [0.1, 0.15) is 17.5 Å². The maximum Gasteiger partial charge on any atom is 0.278 e. The Morgan fingerprint density at radius 1 is 1.40 bits per heavy atom. The molecule has 15 heavy (non-hydrogen) atoms. The van der Waals surface area contributed by atoms with Crippen molar-refractivity contribution in [1.82, 2.24) is 0 Å². The fraction of sp³-hybridized carbons (Fsp3) is 0.455. The topological polar surface area (TPSA) is 35.2 Å². The number of halogens is 2. The summed E-state index contributed by atoms with van der Waals surface area (Å²) in [7, 11) is 1.39. The maximum absolute atomic E-state index is 13.6. The summed E-state index contributed by atoms with van der Waals surface area (Å²) in [5.74, 6) is -2.68. The lowest BCUT2D eigenvalue weighted by Crippen LogP contribution is -2.19. The second kappa shape index (κ2) is 4.57. The molecule has 0 amide bonds. The van der Waals surface area contributed by atoms with Crippen LogP contribution in [0.2, 0.25) is 0 Å². The van der Waals surface area contributed by atoms with Crippen molar-refractivity contribution in [3.8, 4) is 5.75 Å². The predicted molar refractivity (Wildman–Crippen MR) is 55.3 cm³/mol. The minimum atomic E-state index is -2.92. The molecule has 4 heteroatoms. The Bertz CT molecular complexity index is 339. The predicted octanol–water partition coefficient (Wildman–Crippen LogP) is 2.44. The van der Waals surface area contributed by atoms with Crippen molar-refractivity contribution >= 4 is 0 Å². The van der Waals surface area contributed by atoms with E-state index in [9.17, 15) is 8.78 Å². The SMILES string of the molecule is COc1c(C)cccc1C(F)(F)CCN. The lowest BCUT2D eigenvalue weighted by Gasteiger charge is -2.19. The number of hydrogen-bond acceptors (Lipinski definition) is 2. The van der Waals surface area contributed by atoms with Gasteiger partial charge in [0.05, 0.1) is 12.7 Å². The molecule has 0 saturated heterocycles. The highest BCUT2D eigenvalue weighted by Crippen LogP contribution is 2.38. The molecule has 2 N–H and O–H groups in total. The fourth-order valence-corrected chi connectivity index (χ4v) is 1.53. The van der Waals surface area contributed by atoms with Gasteiger partial charge in [0, 0.05) is 6.42 Å². The second-order valence-electron chi connectivity index (χ2n) is 3.40. The normalized spacial score (nSPS) is 11.5. The van der Waals surface area contributed by atoms with Gasteiger partial charge in [0.15, 0.2) is 0 Å². The minimum absolute atomic E-state index is 0.0515. The van der Waals surface area contributed by atoms with E-state index in [1.165, 1.54) is 13.2 Å². The highest BCUT2D eigenvalue weighted by molar-refractivity contribution is 5.43. The zero-order valence-electron chi connectivity index (χ0n) is 8.89. The van der Waals surface area contributed by atoms with Gasteiger partial charge in [0.25, 0.3) is 5.92 Å². The summed E-state index contributed by atoms with van der Waals surface area (Å²) in [6, 6.07) is 4.71. The molecule has 1 aromatic rings. The largest absolute Gasteiger partial charge is 0.496 e. The molecule has 1 rings (SSSR count). The zero-order chi connectivity index (χ0) is 11.5. The molecule has 0 radical (unpaired) electrons. The van der Waals surface area contributed by atoms with E-state index in [4.69, 9.17) is 10.5 Å². The Morgan fingerprint density at radius 3 is 2.60 bits per heavy atom. The highest BCUT2D eigenvalue weighted by atomic mass is 19.3.